The van der Waals surface area contributed by atoms with E-state index in [4.69, 9.17) is 0 Å². The molecular weight excluding hydrogens is 276 g/mol. The van der Waals surface area contributed by atoms with Crippen LogP contribution in [0.1, 0.15) is 33.6 Å². The maximum atomic E-state index is 9.29. The predicted octanol–water partition coefficient (Wildman–Crippen LogP) is 4.58. The molecule has 0 fully saturated rings. The lowest BCUT2D eigenvalue weighted by molar-refractivity contribution is 0.479. The molecule has 17 heavy (non-hydrogen) atoms. The number of hydrogen-bond donors (Lipinski definition) is 1. The number of rotatable bonds is 5. The van der Waals surface area contributed by atoms with Gasteiger partial charge in [-0.25, -0.2) is 0 Å². The van der Waals surface area contributed by atoms with Gasteiger partial charge in [0.05, 0.1) is 6.07 Å². The SMILES string of the molecule is CC(C)CCC(C)(C#N)Nc1ccc(Br)cc1. The van der Waals surface area contributed by atoms with Gasteiger partial charge < -0.3 is 5.32 Å². The smallest absolute Gasteiger partial charge is 0.122 e. The molecule has 0 aliphatic carbocycles. The van der Waals surface area contributed by atoms with Crippen LogP contribution >= 0.6 is 15.9 Å². The summed E-state index contributed by atoms with van der Waals surface area (Å²) in [5.41, 5.74) is 0.499. The van der Waals surface area contributed by atoms with Gasteiger partial charge in [0.1, 0.15) is 5.54 Å². The summed E-state index contributed by atoms with van der Waals surface area (Å²) in [6.45, 7) is 6.31. The zero-order valence-electron chi connectivity index (χ0n) is 10.6. The first-order chi connectivity index (χ1) is 7.95. The summed E-state index contributed by atoms with van der Waals surface area (Å²) in [6, 6.07) is 10.3. The Morgan fingerprint density at radius 1 is 1.35 bits per heavy atom. The van der Waals surface area contributed by atoms with Gasteiger partial charge in [0.2, 0.25) is 0 Å². The second-order valence-corrected chi connectivity index (χ2v) is 5.92. The first kappa shape index (κ1) is 14.1. The lowest BCUT2D eigenvalue weighted by atomic mass is 9.93. The second kappa shape index (κ2) is 6.07. The third-order valence-electron chi connectivity index (χ3n) is 2.73. The molecule has 0 spiro atoms. The summed E-state index contributed by atoms with van der Waals surface area (Å²) in [6.07, 6.45) is 1.91. The molecule has 1 N–H and O–H groups in total. The monoisotopic (exact) mass is 294 g/mol. The van der Waals surface area contributed by atoms with E-state index in [1.807, 2.05) is 31.2 Å². The van der Waals surface area contributed by atoms with Crippen molar-refractivity contribution < 1.29 is 0 Å². The molecule has 0 saturated carbocycles. The van der Waals surface area contributed by atoms with Gasteiger partial charge in [0.25, 0.3) is 0 Å². The molecule has 0 heterocycles. The van der Waals surface area contributed by atoms with Crippen LogP contribution in [0.2, 0.25) is 0 Å². The number of nitrogens with one attached hydrogen (secondary N) is 1. The van der Waals surface area contributed by atoms with Crippen LogP contribution < -0.4 is 5.32 Å². The Balaban J connectivity index is 2.68. The van der Waals surface area contributed by atoms with Crippen molar-refractivity contribution in [3.05, 3.63) is 28.7 Å². The van der Waals surface area contributed by atoms with Gasteiger partial charge in [-0.05, 0) is 49.9 Å². The van der Waals surface area contributed by atoms with Crippen LogP contribution in [-0.4, -0.2) is 5.54 Å². The number of halogens is 1. The van der Waals surface area contributed by atoms with Gasteiger partial charge in [-0.15, -0.1) is 0 Å². The van der Waals surface area contributed by atoms with Gasteiger partial charge in [0.15, 0.2) is 0 Å². The van der Waals surface area contributed by atoms with Gasteiger partial charge in [0, 0.05) is 10.2 Å². The van der Waals surface area contributed by atoms with Crippen molar-refractivity contribution in [3.8, 4) is 6.07 Å². The summed E-state index contributed by atoms with van der Waals surface area (Å²) < 4.78 is 1.05. The van der Waals surface area contributed by atoms with Gasteiger partial charge in [-0.3, -0.25) is 0 Å². The first-order valence-corrected chi connectivity index (χ1v) is 6.69. The fourth-order valence-corrected chi connectivity index (χ4v) is 1.84. The van der Waals surface area contributed by atoms with E-state index in [1.54, 1.807) is 0 Å². The number of anilines is 1. The van der Waals surface area contributed by atoms with E-state index in [1.165, 1.54) is 0 Å². The molecule has 2 nitrogen and oxygen atoms in total. The molecule has 1 atom stereocenters. The largest absolute Gasteiger partial charge is 0.368 e. The summed E-state index contributed by atoms with van der Waals surface area (Å²) in [7, 11) is 0. The molecule has 0 amide bonds. The van der Waals surface area contributed by atoms with E-state index >= 15 is 0 Å². The summed E-state index contributed by atoms with van der Waals surface area (Å²) in [5.74, 6) is 0.620. The topological polar surface area (TPSA) is 35.8 Å². The lowest BCUT2D eigenvalue weighted by Crippen LogP contribution is -2.33. The van der Waals surface area contributed by atoms with Crippen LogP contribution in [0.4, 0.5) is 5.69 Å². The van der Waals surface area contributed by atoms with Crippen molar-refractivity contribution in [2.24, 2.45) is 5.92 Å². The number of benzene rings is 1. The van der Waals surface area contributed by atoms with E-state index < -0.39 is 5.54 Å². The highest BCUT2D eigenvalue weighted by Crippen LogP contribution is 2.23. The number of nitrogens with zero attached hydrogens (tertiary/aromatic N) is 1. The van der Waals surface area contributed by atoms with E-state index in [-0.39, 0.29) is 0 Å². The fraction of sp³-hybridized carbons (Fsp3) is 0.500. The minimum atomic E-state index is -0.488. The zero-order valence-corrected chi connectivity index (χ0v) is 12.2. The highest BCUT2D eigenvalue weighted by atomic mass is 79.9. The van der Waals surface area contributed by atoms with Crippen molar-refractivity contribution in [3.63, 3.8) is 0 Å². The molecule has 0 saturated heterocycles. The average Bonchev–Trinajstić information content (AvgIpc) is 2.30. The third-order valence-corrected chi connectivity index (χ3v) is 3.26. The quantitative estimate of drug-likeness (QED) is 0.863. The van der Waals surface area contributed by atoms with Crippen LogP contribution in [0.25, 0.3) is 0 Å². The summed E-state index contributed by atoms with van der Waals surface area (Å²) in [5, 5.41) is 12.6. The summed E-state index contributed by atoms with van der Waals surface area (Å²) in [4.78, 5) is 0. The van der Waals surface area contributed by atoms with Crippen molar-refractivity contribution >= 4 is 21.6 Å². The Morgan fingerprint density at radius 3 is 2.41 bits per heavy atom. The van der Waals surface area contributed by atoms with Crippen LogP contribution in [0, 0.1) is 17.2 Å². The molecule has 1 rings (SSSR count). The van der Waals surface area contributed by atoms with Gasteiger partial charge in [-0.1, -0.05) is 29.8 Å². The molecule has 0 radical (unpaired) electrons. The molecule has 0 aliphatic rings. The molecule has 0 aromatic heterocycles. The van der Waals surface area contributed by atoms with Crippen molar-refractivity contribution in [1.29, 1.82) is 5.26 Å². The van der Waals surface area contributed by atoms with Gasteiger partial charge in [-0.2, -0.15) is 5.26 Å². The number of hydrogen-bond acceptors (Lipinski definition) is 2. The normalized spacial score (nSPS) is 14.1. The summed E-state index contributed by atoms with van der Waals surface area (Å²) >= 11 is 3.40. The maximum absolute atomic E-state index is 9.29. The van der Waals surface area contributed by atoms with Crippen molar-refractivity contribution in [1.82, 2.24) is 0 Å². The molecule has 1 aromatic rings. The molecule has 0 aliphatic heterocycles. The highest BCUT2D eigenvalue weighted by Gasteiger charge is 2.23. The molecular formula is C14H19BrN2. The van der Waals surface area contributed by atoms with Crippen LogP contribution in [-0.2, 0) is 0 Å². The van der Waals surface area contributed by atoms with E-state index in [0.29, 0.717) is 5.92 Å². The van der Waals surface area contributed by atoms with E-state index in [9.17, 15) is 5.26 Å². The molecule has 1 unspecified atom stereocenters. The van der Waals surface area contributed by atoms with Gasteiger partial charge >= 0.3 is 0 Å². The first-order valence-electron chi connectivity index (χ1n) is 5.90. The Bertz CT molecular complexity index is 392. The minimum Gasteiger partial charge on any atom is -0.368 e. The van der Waals surface area contributed by atoms with Crippen LogP contribution in [0.5, 0.6) is 0 Å². The molecule has 0 bridgehead atoms. The molecule has 1 aromatic carbocycles. The Hall–Kier alpha value is -1.01. The maximum Gasteiger partial charge on any atom is 0.122 e. The molecule has 3 heteroatoms. The van der Waals surface area contributed by atoms with Crippen molar-refractivity contribution in [2.75, 3.05) is 5.32 Å². The molecule has 92 valence electrons. The van der Waals surface area contributed by atoms with E-state index in [2.05, 4.69) is 41.2 Å². The Kier molecular flexibility index (Phi) is 5.02. The van der Waals surface area contributed by atoms with Crippen LogP contribution in [0.3, 0.4) is 0 Å². The minimum absolute atomic E-state index is 0.488. The lowest BCUT2D eigenvalue weighted by Gasteiger charge is -2.25. The fourth-order valence-electron chi connectivity index (χ4n) is 1.58. The Morgan fingerprint density at radius 2 is 1.94 bits per heavy atom. The predicted molar refractivity (Wildman–Crippen MR) is 75.9 cm³/mol. The van der Waals surface area contributed by atoms with E-state index in [0.717, 1.165) is 23.0 Å². The highest BCUT2D eigenvalue weighted by molar-refractivity contribution is 9.10. The average molecular weight is 295 g/mol. The third kappa shape index (κ3) is 4.79. The standard InChI is InChI=1S/C14H19BrN2/c1-11(2)8-9-14(3,10-16)17-13-6-4-12(15)5-7-13/h4-7,11,17H,8-9H2,1-3H3. The second-order valence-electron chi connectivity index (χ2n) is 5.01. The van der Waals surface area contributed by atoms with Crippen molar-refractivity contribution in [2.45, 2.75) is 39.2 Å². The number of nitriles is 1. The van der Waals surface area contributed by atoms with Crippen LogP contribution in [0.15, 0.2) is 28.7 Å². The zero-order chi connectivity index (χ0) is 12.9. The Labute approximate surface area is 112 Å².